The van der Waals surface area contributed by atoms with Crippen molar-refractivity contribution in [2.75, 3.05) is 20.8 Å². The molecule has 1 aliphatic heterocycles. The lowest BCUT2D eigenvalue weighted by molar-refractivity contribution is -0.133. The summed E-state index contributed by atoms with van der Waals surface area (Å²) in [6.07, 6.45) is 0.715. The lowest BCUT2D eigenvalue weighted by Crippen LogP contribution is -2.40. The molecular formula is C24H25N3O4. The third-order valence-electron chi connectivity index (χ3n) is 5.57. The van der Waals surface area contributed by atoms with Gasteiger partial charge in [0.1, 0.15) is 6.54 Å². The molecule has 0 N–H and O–H groups in total. The van der Waals surface area contributed by atoms with Gasteiger partial charge in [-0.1, -0.05) is 29.8 Å². The maximum atomic E-state index is 13.0. The summed E-state index contributed by atoms with van der Waals surface area (Å²) in [5.74, 6) is 1.18. The normalized spacial score (nSPS) is 12.9. The van der Waals surface area contributed by atoms with Gasteiger partial charge in [0.25, 0.3) is 5.56 Å². The molecule has 0 saturated carbocycles. The van der Waals surface area contributed by atoms with E-state index in [0.29, 0.717) is 36.7 Å². The van der Waals surface area contributed by atoms with Gasteiger partial charge in [0, 0.05) is 24.7 Å². The van der Waals surface area contributed by atoms with E-state index in [1.807, 2.05) is 43.3 Å². The van der Waals surface area contributed by atoms with Crippen molar-refractivity contribution in [2.45, 2.75) is 26.4 Å². The predicted octanol–water partition coefficient (Wildman–Crippen LogP) is 2.82. The van der Waals surface area contributed by atoms with Gasteiger partial charge in [-0.15, -0.1) is 0 Å². The molecular weight excluding hydrogens is 394 g/mol. The molecule has 2 heterocycles. The number of aromatic nitrogens is 2. The number of carbonyl (C=O) groups is 1. The second kappa shape index (κ2) is 8.63. The van der Waals surface area contributed by atoms with Crippen molar-refractivity contribution in [1.29, 1.82) is 0 Å². The van der Waals surface area contributed by atoms with Crippen LogP contribution in [0, 0.1) is 6.92 Å². The fourth-order valence-corrected chi connectivity index (χ4v) is 3.76. The molecule has 0 saturated heterocycles. The van der Waals surface area contributed by atoms with Crippen LogP contribution in [0.25, 0.3) is 11.3 Å². The number of ether oxygens (including phenoxy) is 2. The first kappa shape index (κ1) is 20.7. The van der Waals surface area contributed by atoms with Crippen molar-refractivity contribution in [2.24, 2.45) is 0 Å². The summed E-state index contributed by atoms with van der Waals surface area (Å²) in [5.41, 5.74) is 4.57. The first-order valence-electron chi connectivity index (χ1n) is 10.1. The summed E-state index contributed by atoms with van der Waals surface area (Å²) in [5, 5.41) is 4.42. The van der Waals surface area contributed by atoms with Gasteiger partial charge in [-0.25, -0.2) is 4.68 Å². The number of fused-ring (bicyclic) bond motifs is 1. The third kappa shape index (κ3) is 4.30. The van der Waals surface area contributed by atoms with Crippen LogP contribution >= 0.6 is 0 Å². The van der Waals surface area contributed by atoms with Gasteiger partial charge in [0.2, 0.25) is 5.91 Å². The number of amides is 1. The zero-order chi connectivity index (χ0) is 22.0. The number of aryl methyl sites for hydroxylation is 1. The Balaban J connectivity index is 1.53. The molecule has 160 valence electrons. The minimum absolute atomic E-state index is 0.0961. The third-order valence-corrected chi connectivity index (χ3v) is 5.57. The molecule has 0 unspecified atom stereocenters. The molecule has 0 spiro atoms. The van der Waals surface area contributed by atoms with Crippen LogP contribution in [-0.4, -0.2) is 41.4 Å². The Morgan fingerprint density at radius 3 is 2.35 bits per heavy atom. The number of carbonyl (C=O) groups excluding carboxylic acids is 1. The molecule has 31 heavy (non-hydrogen) atoms. The molecule has 0 atom stereocenters. The van der Waals surface area contributed by atoms with E-state index in [4.69, 9.17) is 9.47 Å². The van der Waals surface area contributed by atoms with Crippen LogP contribution in [0.3, 0.4) is 0 Å². The summed E-state index contributed by atoms with van der Waals surface area (Å²) in [6.45, 7) is 2.95. The largest absolute Gasteiger partial charge is 0.493 e. The molecule has 0 aliphatic carbocycles. The molecule has 7 nitrogen and oxygen atoms in total. The van der Waals surface area contributed by atoms with Gasteiger partial charge in [0.15, 0.2) is 11.5 Å². The van der Waals surface area contributed by atoms with Crippen LogP contribution in [0.5, 0.6) is 11.5 Å². The van der Waals surface area contributed by atoms with Gasteiger partial charge >= 0.3 is 0 Å². The van der Waals surface area contributed by atoms with E-state index >= 15 is 0 Å². The summed E-state index contributed by atoms with van der Waals surface area (Å²) < 4.78 is 12.0. The molecule has 0 fully saturated rings. The van der Waals surface area contributed by atoms with Crippen LogP contribution in [0.1, 0.15) is 16.7 Å². The Morgan fingerprint density at radius 1 is 1.00 bits per heavy atom. The second-order valence-corrected chi connectivity index (χ2v) is 7.62. The number of benzene rings is 2. The number of hydrogen-bond acceptors (Lipinski definition) is 5. The Morgan fingerprint density at radius 2 is 1.68 bits per heavy atom. The summed E-state index contributed by atoms with van der Waals surface area (Å²) in [4.78, 5) is 27.0. The highest BCUT2D eigenvalue weighted by Crippen LogP contribution is 2.33. The number of methoxy groups -OCH3 is 2. The lowest BCUT2D eigenvalue weighted by atomic mass is 9.98. The van der Waals surface area contributed by atoms with Crippen LogP contribution in [0.15, 0.2) is 53.3 Å². The van der Waals surface area contributed by atoms with Crippen molar-refractivity contribution in [1.82, 2.24) is 14.7 Å². The van der Waals surface area contributed by atoms with Gasteiger partial charge in [0.05, 0.1) is 19.9 Å². The highest BCUT2D eigenvalue weighted by atomic mass is 16.5. The Bertz CT molecular complexity index is 1170. The van der Waals surface area contributed by atoms with E-state index in [1.165, 1.54) is 10.7 Å². The molecule has 2 aromatic carbocycles. The molecule has 1 amide bonds. The van der Waals surface area contributed by atoms with Crippen molar-refractivity contribution >= 4 is 5.91 Å². The maximum Gasteiger partial charge on any atom is 0.267 e. The first-order chi connectivity index (χ1) is 15.0. The second-order valence-electron chi connectivity index (χ2n) is 7.62. The molecule has 1 aromatic heterocycles. The molecule has 4 rings (SSSR count). The smallest absolute Gasteiger partial charge is 0.267 e. The quantitative estimate of drug-likeness (QED) is 0.636. The van der Waals surface area contributed by atoms with E-state index in [-0.39, 0.29) is 18.0 Å². The zero-order valence-corrected chi connectivity index (χ0v) is 17.9. The van der Waals surface area contributed by atoms with Crippen molar-refractivity contribution in [3.8, 4) is 22.8 Å². The minimum atomic E-state index is -0.298. The van der Waals surface area contributed by atoms with Gasteiger partial charge in [-0.05, 0) is 42.7 Å². The SMILES string of the molecule is COc1cc2c(cc1OC)CN(C(=O)Cn1nc(-c3ccc(C)cc3)ccc1=O)CC2. The van der Waals surface area contributed by atoms with E-state index in [1.54, 1.807) is 25.2 Å². The summed E-state index contributed by atoms with van der Waals surface area (Å²) in [6, 6.07) is 14.9. The average molecular weight is 419 g/mol. The molecule has 7 heteroatoms. The van der Waals surface area contributed by atoms with E-state index in [9.17, 15) is 9.59 Å². The fourth-order valence-electron chi connectivity index (χ4n) is 3.76. The van der Waals surface area contributed by atoms with Crippen LogP contribution in [0.4, 0.5) is 0 Å². The Kier molecular flexibility index (Phi) is 5.75. The van der Waals surface area contributed by atoms with Gasteiger partial charge in [-0.3, -0.25) is 9.59 Å². The standard InChI is InChI=1S/C24H25N3O4/c1-16-4-6-17(7-5-16)20-8-9-23(28)27(25-20)15-24(29)26-11-10-18-12-21(30-2)22(31-3)13-19(18)14-26/h4-9,12-13H,10-11,14-15H2,1-3H3. The van der Waals surface area contributed by atoms with Crippen molar-refractivity contribution in [3.63, 3.8) is 0 Å². The number of rotatable bonds is 5. The molecule has 0 bridgehead atoms. The lowest BCUT2D eigenvalue weighted by Gasteiger charge is -2.29. The average Bonchev–Trinajstić information content (AvgIpc) is 2.79. The van der Waals surface area contributed by atoms with E-state index in [0.717, 1.165) is 22.3 Å². The topological polar surface area (TPSA) is 73.7 Å². The Hall–Kier alpha value is -3.61. The minimum Gasteiger partial charge on any atom is -0.493 e. The summed E-state index contributed by atoms with van der Waals surface area (Å²) >= 11 is 0. The first-order valence-corrected chi connectivity index (χ1v) is 10.1. The van der Waals surface area contributed by atoms with E-state index < -0.39 is 0 Å². The Labute approximate surface area is 180 Å². The van der Waals surface area contributed by atoms with Crippen LogP contribution < -0.4 is 15.0 Å². The van der Waals surface area contributed by atoms with Crippen molar-refractivity contribution < 1.29 is 14.3 Å². The fraction of sp³-hybridized carbons (Fsp3) is 0.292. The highest BCUT2D eigenvalue weighted by Gasteiger charge is 2.23. The molecule has 1 aliphatic rings. The van der Waals surface area contributed by atoms with Crippen LogP contribution in [-0.2, 0) is 24.3 Å². The monoisotopic (exact) mass is 419 g/mol. The highest BCUT2D eigenvalue weighted by molar-refractivity contribution is 5.76. The van der Waals surface area contributed by atoms with Crippen molar-refractivity contribution in [3.05, 3.63) is 75.6 Å². The molecule has 0 radical (unpaired) electrons. The molecule has 3 aromatic rings. The number of hydrogen-bond donors (Lipinski definition) is 0. The van der Waals surface area contributed by atoms with E-state index in [2.05, 4.69) is 5.10 Å². The van der Waals surface area contributed by atoms with Gasteiger partial charge in [-0.2, -0.15) is 5.10 Å². The number of nitrogens with zero attached hydrogens (tertiary/aromatic N) is 3. The summed E-state index contributed by atoms with van der Waals surface area (Å²) in [7, 11) is 3.20. The zero-order valence-electron chi connectivity index (χ0n) is 17.9. The van der Waals surface area contributed by atoms with Crippen LogP contribution in [0.2, 0.25) is 0 Å². The maximum absolute atomic E-state index is 13.0. The van der Waals surface area contributed by atoms with Gasteiger partial charge < -0.3 is 14.4 Å². The predicted molar refractivity (Wildman–Crippen MR) is 117 cm³/mol.